The summed E-state index contributed by atoms with van der Waals surface area (Å²) < 4.78 is 43.0. The van der Waals surface area contributed by atoms with Crippen LogP contribution in [0.25, 0.3) is 11.0 Å². The van der Waals surface area contributed by atoms with Crippen molar-refractivity contribution in [2.45, 2.75) is 120 Å². The summed E-state index contributed by atoms with van der Waals surface area (Å²) >= 11 is 0. The van der Waals surface area contributed by atoms with Crippen molar-refractivity contribution >= 4 is 61.2 Å². The predicted octanol–water partition coefficient (Wildman–Crippen LogP) is 9.03. The number of hydrogen-bond donors (Lipinski definition) is 4. The Bertz CT molecular complexity index is 2990. The third-order valence-corrected chi connectivity index (χ3v) is 18.6. The second-order valence-electron chi connectivity index (χ2n) is 22.5. The van der Waals surface area contributed by atoms with E-state index >= 15 is 0 Å². The molecule has 6 heterocycles. The first kappa shape index (κ1) is 50.4. The van der Waals surface area contributed by atoms with Gasteiger partial charge < -0.3 is 39.6 Å². The number of sulfonamides is 1. The van der Waals surface area contributed by atoms with Gasteiger partial charge in [0.15, 0.2) is 5.82 Å². The molecule has 74 heavy (non-hydrogen) atoms. The highest BCUT2D eigenvalue weighted by Gasteiger charge is 2.50. The van der Waals surface area contributed by atoms with Crippen LogP contribution in [-0.2, 0) is 19.5 Å². The SMILES string of the molecule is CC(C)c1ccccc1[C@@H]1COCCN1C1CC2(CCN(c3ccc(C(=O)NS(=O)(=O)c4ccc(NCC5CCC(C)(O)CC5)c([N+](=O)[O-])c4)c(N4CC[C@@H]5COCCCN5c5nc6[nH]ccc6cc54)c3)CC2)C1. The first-order valence-electron chi connectivity index (χ1n) is 26.9. The number of anilines is 5. The van der Waals surface area contributed by atoms with E-state index < -0.39 is 37.0 Å². The summed E-state index contributed by atoms with van der Waals surface area (Å²) in [5, 5.41) is 26.9. The fraction of sp³-hybridized carbons (Fsp3) is 0.536. The van der Waals surface area contributed by atoms with Crippen LogP contribution in [0, 0.1) is 21.4 Å². The monoisotopic (exact) mass is 1030 g/mol. The summed E-state index contributed by atoms with van der Waals surface area (Å²) in [4.78, 5) is 44.2. The predicted molar refractivity (Wildman–Crippen MR) is 287 cm³/mol. The van der Waals surface area contributed by atoms with Gasteiger partial charge in [-0.25, -0.2) is 18.1 Å². The topological polar surface area (TPSA) is 199 Å². The van der Waals surface area contributed by atoms with Gasteiger partial charge in [-0.1, -0.05) is 38.1 Å². The number of aromatic nitrogens is 2. The molecule has 3 saturated heterocycles. The first-order valence-corrected chi connectivity index (χ1v) is 28.4. The average Bonchev–Trinajstić information content (AvgIpc) is 3.65. The Balaban J connectivity index is 0.869. The van der Waals surface area contributed by atoms with Crippen LogP contribution >= 0.6 is 0 Å². The van der Waals surface area contributed by atoms with Gasteiger partial charge >= 0.3 is 0 Å². The lowest BCUT2D eigenvalue weighted by atomic mass is 9.59. The second-order valence-corrected chi connectivity index (χ2v) is 24.2. The minimum atomic E-state index is -4.61. The highest BCUT2D eigenvalue weighted by molar-refractivity contribution is 7.90. The molecule has 0 radical (unpaired) electrons. The fourth-order valence-electron chi connectivity index (χ4n) is 13.0. The summed E-state index contributed by atoms with van der Waals surface area (Å²) in [6.07, 6.45) is 10.6. The molecule has 3 aromatic carbocycles. The Hall–Kier alpha value is -5.79. The number of nitro groups is 1. The number of fused-ring (bicyclic) bond motifs is 4. The molecule has 6 aliphatic rings. The Morgan fingerprint density at radius 1 is 0.905 bits per heavy atom. The van der Waals surface area contributed by atoms with Crippen LogP contribution < -0.4 is 24.7 Å². The number of carbonyl (C=O) groups is 1. The molecule has 0 unspecified atom stereocenters. The van der Waals surface area contributed by atoms with Crippen molar-refractivity contribution in [3.8, 4) is 0 Å². The van der Waals surface area contributed by atoms with Crippen molar-refractivity contribution in [1.82, 2.24) is 19.6 Å². The summed E-state index contributed by atoms with van der Waals surface area (Å²) in [6, 6.07) is 23.1. The molecule has 17 nitrogen and oxygen atoms in total. The number of ether oxygens (including phenoxy) is 2. The summed E-state index contributed by atoms with van der Waals surface area (Å²) in [5.41, 5.74) is 5.30. The summed E-state index contributed by atoms with van der Waals surface area (Å²) in [5.74, 6) is 0.554. The third kappa shape index (κ3) is 10.1. The van der Waals surface area contributed by atoms with Crippen molar-refractivity contribution in [1.29, 1.82) is 0 Å². The van der Waals surface area contributed by atoms with Crippen LogP contribution in [0.15, 0.2) is 83.9 Å². The number of amides is 1. The largest absolute Gasteiger partial charge is 0.390 e. The minimum Gasteiger partial charge on any atom is -0.390 e. The molecular formula is C56H71N9O8S. The molecule has 18 heteroatoms. The second kappa shape index (κ2) is 20.4. The van der Waals surface area contributed by atoms with Crippen molar-refractivity contribution in [2.75, 3.05) is 85.7 Å². The number of rotatable bonds is 12. The van der Waals surface area contributed by atoms with E-state index in [0.29, 0.717) is 69.8 Å². The lowest BCUT2D eigenvalue weighted by Crippen LogP contribution is -2.58. The maximum absolute atomic E-state index is 14.8. The minimum absolute atomic E-state index is 0.0246. The molecule has 4 aliphatic heterocycles. The van der Waals surface area contributed by atoms with E-state index in [4.69, 9.17) is 14.5 Å². The number of nitrogens with zero attached hydrogens (tertiary/aromatic N) is 6. The van der Waals surface area contributed by atoms with Gasteiger partial charge in [0.25, 0.3) is 21.6 Å². The van der Waals surface area contributed by atoms with Crippen LogP contribution in [0.1, 0.15) is 118 Å². The molecule has 2 aromatic heterocycles. The van der Waals surface area contributed by atoms with Crippen LogP contribution in [0.4, 0.5) is 34.3 Å². The van der Waals surface area contributed by atoms with Crippen molar-refractivity contribution in [2.24, 2.45) is 11.3 Å². The number of nitro benzene ring substituents is 1. The van der Waals surface area contributed by atoms with E-state index in [1.165, 1.54) is 23.3 Å². The van der Waals surface area contributed by atoms with E-state index in [-0.39, 0.29) is 34.7 Å². The standard InChI is InChI=1S/C56H71N9O8S/c1-37(2)44-7-4-5-8-45(44)51-36-73-28-26-62(51)42-32-56(33-42)19-24-61(25-20-56)40-9-11-46(48(30-40)64-23-16-41-35-72-27-6-22-63(41)53-50(64)29-39-15-21-57-52(39)59-53)54(66)60-74(70,71)43-10-12-47(49(31-43)65(68)69)58-34-38-13-17-55(3,67)18-14-38/h4-5,7-12,15,21,29-31,37-38,41-42,51,58,67H,6,13-14,16-20,22-28,32-36H2,1-3H3,(H,57,59)(H,60,66)/t38?,41-,51+,55?/m1/s1. The van der Waals surface area contributed by atoms with Crippen LogP contribution in [0.2, 0.25) is 0 Å². The van der Waals surface area contributed by atoms with Gasteiger partial charge in [0.1, 0.15) is 11.3 Å². The zero-order chi connectivity index (χ0) is 51.4. The molecule has 394 valence electrons. The Kier molecular flexibility index (Phi) is 13.9. The van der Waals surface area contributed by atoms with Crippen LogP contribution in [-0.4, -0.2) is 123 Å². The van der Waals surface area contributed by atoms with Crippen molar-refractivity contribution in [3.05, 3.63) is 106 Å². The van der Waals surface area contributed by atoms with E-state index in [2.05, 4.69) is 78.8 Å². The Labute approximate surface area is 434 Å². The van der Waals surface area contributed by atoms with Gasteiger partial charge in [-0.05, 0) is 142 Å². The summed E-state index contributed by atoms with van der Waals surface area (Å²) in [6.45, 7) is 13.3. The van der Waals surface area contributed by atoms with Gasteiger partial charge in [-0.15, -0.1) is 0 Å². The zero-order valence-electron chi connectivity index (χ0n) is 42.9. The normalized spacial score (nSPS) is 24.7. The Morgan fingerprint density at radius 2 is 1.69 bits per heavy atom. The first-order chi connectivity index (χ1) is 35.6. The highest BCUT2D eigenvalue weighted by Crippen LogP contribution is 2.54. The number of H-pyrrole nitrogens is 1. The molecule has 4 N–H and O–H groups in total. The molecule has 5 fully saturated rings. The molecule has 2 atom stereocenters. The summed E-state index contributed by atoms with van der Waals surface area (Å²) in [7, 11) is -4.61. The molecule has 2 aliphatic carbocycles. The Morgan fingerprint density at radius 3 is 2.47 bits per heavy atom. The molecular weight excluding hydrogens is 959 g/mol. The lowest BCUT2D eigenvalue weighted by Gasteiger charge is -2.57. The van der Waals surface area contributed by atoms with Gasteiger partial charge in [-0.2, -0.15) is 0 Å². The van der Waals surface area contributed by atoms with Crippen molar-refractivity contribution < 1.29 is 32.7 Å². The van der Waals surface area contributed by atoms with E-state index in [9.17, 15) is 28.4 Å². The van der Waals surface area contributed by atoms with E-state index in [0.717, 1.165) is 112 Å². The number of piperidine rings is 1. The van der Waals surface area contributed by atoms with Gasteiger partial charge in [-0.3, -0.25) is 19.8 Å². The fourth-order valence-corrected chi connectivity index (χ4v) is 13.9. The van der Waals surface area contributed by atoms with Gasteiger partial charge in [0.05, 0.1) is 64.3 Å². The number of aromatic amines is 1. The molecule has 1 spiro atoms. The van der Waals surface area contributed by atoms with Crippen LogP contribution in [0.3, 0.4) is 0 Å². The highest BCUT2D eigenvalue weighted by atomic mass is 32.2. The third-order valence-electron chi connectivity index (χ3n) is 17.3. The lowest BCUT2D eigenvalue weighted by molar-refractivity contribution is -0.384. The molecule has 2 saturated carbocycles. The smallest absolute Gasteiger partial charge is 0.293 e. The number of pyridine rings is 1. The van der Waals surface area contributed by atoms with Gasteiger partial charge in [0, 0.05) is 75.3 Å². The number of aliphatic hydroxyl groups is 1. The number of nitrogens with one attached hydrogen (secondary N) is 3. The number of morpholine rings is 1. The zero-order valence-corrected chi connectivity index (χ0v) is 43.7. The quantitative estimate of drug-likeness (QED) is 0.0682. The van der Waals surface area contributed by atoms with Crippen molar-refractivity contribution in [3.63, 3.8) is 0 Å². The van der Waals surface area contributed by atoms with E-state index in [1.54, 1.807) is 6.07 Å². The van der Waals surface area contributed by atoms with E-state index in [1.807, 2.05) is 31.3 Å². The number of carbonyl (C=O) groups excluding carboxylic acids is 1. The number of benzene rings is 3. The average molecular weight is 1030 g/mol. The molecule has 5 aromatic rings. The molecule has 11 rings (SSSR count). The number of hydrogen-bond acceptors (Lipinski definition) is 14. The molecule has 0 bridgehead atoms. The van der Waals surface area contributed by atoms with Crippen LogP contribution in [0.5, 0.6) is 0 Å². The maximum atomic E-state index is 14.8. The van der Waals surface area contributed by atoms with Gasteiger partial charge in [0.2, 0.25) is 0 Å². The maximum Gasteiger partial charge on any atom is 0.293 e. The molecule has 1 amide bonds.